The number of phenolic OH excluding ortho intramolecular Hbond substituents is 1. The lowest BCUT2D eigenvalue weighted by atomic mass is 9.93. The Morgan fingerprint density at radius 1 is 1.12 bits per heavy atom. The molecule has 0 spiro atoms. The molecule has 0 aliphatic heterocycles. The zero-order valence-electron chi connectivity index (χ0n) is 21.4. The van der Waals surface area contributed by atoms with Crippen LogP contribution >= 0.6 is 0 Å². The summed E-state index contributed by atoms with van der Waals surface area (Å²) < 4.78 is 6.73. The highest BCUT2D eigenvalue weighted by molar-refractivity contribution is 6.74. The molecule has 1 aliphatic rings. The maximum atomic E-state index is 10.6. The molecule has 1 aliphatic carbocycles. The number of hydrogen-bond acceptors (Lipinski definition) is 6. The van der Waals surface area contributed by atoms with Gasteiger partial charge in [0, 0.05) is 40.9 Å². The van der Waals surface area contributed by atoms with E-state index in [-0.39, 0.29) is 22.9 Å². The number of hydrogen-bond donors (Lipinski definition) is 2. The Morgan fingerprint density at radius 2 is 1.91 bits per heavy atom. The molecule has 0 bridgehead atoms. The number of fused-ring (bicyclic) bond motifs is 1. The Kier molecular flexibility index (Phi) is 6.96. The summed E-state index contributed by atoms with van der Waals surface area (Å²) in [5.74, 6) is 0.972. The van der Waals surface area contributed by atoms with Crippen LogP contribution < -0.4 is 5.32 Å². The van der Waals surface area contributed by atoms with Crippen molar-refractivity contribution in [2.24, 2.45) is 0 Å². The van der Waals surface area contributed by atoms with E-state index < -0.39 is 8.32 Å². The molecule has 2 atom stereocenters. The Balaban J connectivity index is 1.58. The molecule has 34 heavy (non-hydrogen) atoms. The summed E-state index contributed by atoms with van der Waals surface area (Å²) in [5, 5.41) is 25.4. The van der Waals surface area contributed by atoms with Crippen molar-refractivity contribution in [3.63, 3.8) is 0 Å². The molecule has 6 nitrogen and oxygen atoms in total. The van der Waals surface area contributed by atoms with Gasteiger partial charge in [-0.2, -0.15) is 0 Å². The number of rotatable bonds is 6. The van der Waals surface area contributed by atoms with Gasteiger partial charge in [-0.15, -0.1) is 10.2 Å². The second-order valence-electron chi connectivity index (χ2n) is 11.0. The summed E-state index contributed by atoms with van der Waals surface area (Å²) >= 11 is 0. The third-order valence-corrected chi connectivity index (χ3v) is 12.1. The SMILES string of the molecule is CCc1ccc(-c2nnc(N[C@@H]3CCC[C@H](O[Si](C)(C)C(C)(C)C)C3)c3cnccc23)c(O)c1. The van der Waals surface area contributed by atoms with E-state index in [1.54, 1.807) is 12.3 Å². The highest BCUT2D eigenvalue weighted by Crippen LogP contribution is 2.40. The van der Waals surface area contributed by atoms with Crippen molar-refractivity contribution in [3.8, 4) is 17.0 Å². The van der Waals surface area contributed by atoms with Crippen LogP contribution in [0.2, 0.25) is 18.1 Å². The molecule has 182 valence electrons. The van der Waals surface area contributed by atoms with Gasteiger partial charge >= 0.3 is 0 Å². The molecule has 2 N–H and O–H groups in total. The molecule has 1 fully saturated rings. The summed E-state index contributed by atoms with van der Waals surface area (Å²) in [6.45, 7) is 13.6. The Labute approximate surface area is 204 Å². The van der Waals surface area contributed by atoms with Gasteiger partial charge in [-0.05, 0) is 74.0 Å². The summed E-state index contributed by atoms with van der Waals surface area (Å²) in [4.78, 5) is 4.35. The number of benzene rings is 1. The molecule has 0 amide bonds. The molecule has 0 saturated heterocycles. The molecule has 7 heteroatoms. The minimum Gasteiger partial charge on any atom is -0.507 e. The summed E-state index contributed by atoms with van der Waals surface area (Å²) in [6.07, 6.45) is 9.05. The molecule has 1 aromatic carbocycles. The third-order valence-electron chi connectivity index (χ3n) is 7.54. The number of aromatic nitrogens is 3. The minimum atomic E-state index is -1.80. The predicted octanol–water partition coefficient (Wildman–Crippen LogP) is 6.70. The van der Waals surface area contributed by atoms with E-state index >= 15 is 0 Å². The first kappa shape index (κ1) is 24.6. The van der Waals surface area contributed by atoms with Crippen LogP contribution in [0.15, 0.2) is 36.7 Å². The van der Waals surface area contributed by atoms with Crippen molar-refractivity contribution in [2.75, 3.05) is 5.32 Å². The van der Waals surface area contributed by atoms with Gasteiger partial charge in [-0.3, -0.25) is 4.98 Å². The van der Waals surface area contributed by atoms with E-state index in [1.807, 2.05) is 24.4 Å². The molecule has 0 unspecified atom stereocenters. The standard InChI is InChI=1S/C27H38N4O2Si/c1-7-18-11-12-22(24(32)15-18)25-21-13-14-28-17-23(21)26(31-30-25)29-19-9-8-10-20(16-19)33-34(5,6)27(2,3)4/h11-15,17,19-20,32H,7-10,16H2,1-6H3,(H,29,31)/t19-,20+/m1/s1. The van der Waals surface area contributed by atoms with Crippen LogP contribution in [-0.2, 0) is 10.8 Å². The number of nitrogens with zero attached hydrogens (tertiary/aromatic N) is 3. The number of phenols is 1. The van der Waals surface area contributed by atoms with Crippen molar-refractivity contribution in [3.05, 3.63) is 42.2 Å². The topological polar surface area (TPSA) is 80.2 Å². The van der Waals surface area contributed by atoms with Crippen molar-refractivity contribution >= 4 is 24.9 Å². The molecule has 2 aromatic heterocycles. The van der Waals surface area contributed by atoms with E-state index in [9.17, 15) is 5.11 Å². The maximum absolute atomic E-state index is 10.6. The van der Waals surface area contributed by atoms with Gasteiger partial charge in [-0.25, -0.2) is 0 Å². The second-order valence-corrected chi connectivity index (χ2v) is 15.8. The van der Waals surface area contributed by atoms with Gasteiger partial charge in [0.1, 0.15) is 11.4 Å². The van der Waals surface area contributed by atoms with Crippen molar-refractivity contribution in [2.45, 2.75) is 90.1 Å². The lowest BCUT2D eigenvalue weighted by Crippen LogP contribution is -2.46. The van der Waals surface area contributed by atoms with Crippen LogP contribution in [0.25, 0.3) is 22.0 Å². The fraction of sp³-hybridized carbons (Fsp3) is 0.519. The minimum absolute atomic E-state index is 0.206. The molecule has 0 radical (unpaired) electrons. The smallest absolute Gasteiger partial charge is 0.192 e. The molecular weight excluding hydrogens is 440 g/mol. The molecule has 2 heterocycles. The number of pyridine rings is 1. The first-order valence-electron chi connectivity index (χ1n) is 12.5. The molecule has 3 aromatic rings. The Hall–Kier alpha value is -2.51. The predicted molar refractivity (Wildman–Crippen MR) is 142 cm³/mol. The first-order valence-corrected chi connectivity index (χ1v) is 15.4. The summed E-state index contributed by atoms with van der Waals surface area (Å²) in [6, 6.07) is 7.99. The fourth-order valence-electron chi connectivity index (χ4n) is 4.47. The van der Waals surface area contributed by atoms with E-state index in [4.69, 9.17) is 4.43 Å². The van der Waals surface area contributed by atoms with E-state index in [0.717, 1.165) is 54.3 Å². The lowest BCUT2D eigenvalue weighted by molar-refractivity contribution is 0.132. The lowest BCUT2D eigenvalue weighted by Gasteiger charge is -2.41. The van der Waals surface area contributed by atoms with Crippen LogP contribution in [0.3, 0.4) is 0 Å². The number of aromatic hydroxyl groups is 1. The highest BCUT2D eigenvalue weighted by Gasteiger charge is 2.40. The van der Waals surface area contributed by atoms with Gasteiger partial charge < -0.3 is 14.8 Å². The van der Waals surface area contributed by atoms with Crippen LogP contribution in [0.5, 0.6) is 5.75 Å². The van der Waals surface area contributed by atoms with Gasteiger partial charge in [0.05, 0.1) is 0 Å². The maximum Gasteiger partial charge on any atom is 0.192 e. The van der Waals surface area contributed by atoms with Crippen molar-refractivity contribution in [1.82, 2.24) is 15.2 Å². The number of aryl methyl sites for hydroxylation is 1. The van der Waals surface area contributed by atoms with Gasteiger partial charge in [0.15, 0.2) is 14.1 Å². The quantitative estimate of drug-likeness (QED) is 0.384. The van der Waals surface area contributed by atoms with Crippen LogP contribution in [-0.4, -0.2) is 40.8 Å². The van der Waals surface area contributed by atoms with Crippen molar-refractivity contribution in [1.29, 1.82) is 0 Å². The zero-order chi connectivity index (χ0) is 24.5. The van der Waals surface area contributed by atoms with E-state index in [1.165, 1.54) is 0 Å². The Morgan fingerprint density at radius 3 is 2.62 bits per heavy atom. The molecular formula is C27H38N4O2Si. The zero-order valence-corrected chi connectivity index (χ0v) is 22.4. The van der Waals surface area contributed by atoms with Gasteiger partial charge in [0.25, 0.3) is 0 Å². The summed E-state index contributed by atoms with van der Waals surface area (Å²) in [5.41, 5.74) is 2.45. The van der Waals surface area contributed by atoms with Crippen molar-refractivity contribution < 1.29 is 9.53 Å². The average molecular weight is 479 g/mol. The number of anilines is 1. The van der Waals surface area contributed by atoms with Gasteiger partial charge in [0.2, 0.25) is 0 Å². The number of nitrogens with one attached hydrogen (secondary N) is 1. The van der Waals surface area contributed by atoms with Crippen LogP contribution in [0.1, 0.15) is 58.9 Å². The van der Waals surface area contributed by atoms with Crippen LogP contribution in [0.4, 0.5) is 5.82 Å². The average Bonchev–Trinajstić information content (AvgIpc) is 2.79. The normalized spacial score (nSPS) is 19.4. The summed E-state index contributed by atoms with van der Waals surface area (Å²) in [7, 11) is -1.80. The Bertz CT molecular complexity index is 1160. The van der Waals surface area contributed by atoms with Gasteiger partial charge in [-0.1, -0.05) is 33.8 Å². The van der Waals surface area contributed by atoms with E-state index in [2.05, 4.69) is 61.3 Å². The van der Waals surface area contributed by atoms with E-state index in [0.29, 0.717) is 11.3 Å². The first-order chi connectivity index (χ1) is 16.1. The highest BCUT2D eigenvalue weighted by atomic mass is 28.4. The second kappa shape index (κ2) is 9.62. The fourth-order valence-corrected chi connectivity index (χ4v) is 5.87. The van der Waals surface area contributed by atoms with Crippen LogP contribution in [0, 0.1) is 0 Å². The monoisotopic (exact) mass is 478 g/mol. The third kappa shape index (κ3) is 5.10. The molecule has 1 saturated carbocycles. The largest absolute Gasteiger partial charge is 0.507 e. The molecule has 4 rings (SSSR count).